The number of phenols is 2. The average Bonchev–Trinajstić information content (AvgIpc) is 2.25. The van der Waals surface area contributed by atoms with Crippen molar-refractivity contribution in [2.24, 2.45) is 0 Å². The summed E-state index contributed by atoms with van der Waals surface area (Å²) in [6.45, 7) is 0. The first kappa shape index (κ1) is 13.2. The first-order valence-corrected chi connectivity index (χ1v) is 5.98. The lowest BCUT2D eigenvalue weighted by molar-refractivity contribution is -0.139. The zero-order valence-electron chi connectivity index (χ0n) is 10.2. The van der Waals surface area contributed by atoms with Crippen LogP contribution in [0, 0.1) is 0 Å². The van der Waals surface area contributed by atoms with Crippen LogP contribution in [0.1, 0.15) is 36.0 Å². The normalized spacial score (nSPS) is 16.4. The zero-order chi connectivity index (χ0) is 14.0. The van der Waals surface area contributed by atoms with Gasteiger partial charge in [-0.2, -0.15) is 0 Å². The van der Waals surface area contributed by atoms with Gasteiger partial charge in [-0.15, -0.1) is 0 Å². The number of phenolic OH excluding ortho intramolecular Hbond substituents is 2. The lowest BCUT2D eigenvalue weighted by atomic mass is 9.74. The van der Waals surface area contributed by atoms with E-state index in [1.54, 1.807) is 0 Å². The molecule has 0 heterocycles. The Kier molecular flexibility index (Phi) is 3.33. The third-order valence-corrected chi connectivity index (χ3v) is 3.40. The molecule has 6 nitrogen and oxygen atoms in total. The van der Waals surface area contributed by atoms with Crippen LogP contribution in [0.25, 0.3) is 0 Å². The number of aliphatic carboxylic acids is 1. The van der Waals surface area contributed by atoms with Gasteiger partial charge in [0, 0.05) is 6.07 Å². The molecule has 0 radical (unpaired) electrons. The van der Waals surface area contributed by atoms with E-state index < -0.39 is 17.4 Å². The van der Waals surface area contributed by atoms with Crippen molar-refractivity contribution in [1.82, 2.24) is 5.32 Å². The highest BCUT2D eigenvalue weighted by atomic mass is 16.4. The minimum absolute atomic E-state index is 0.0227. The molecule has 0 aromatic heterocycles. The first-order chi connectivity index (χ1) is 8.92. The number of hydrogen-bond donors (Lipinski definition) is 4. The highest BCUT2D eigenvalue weighted by Crippen LogP contribution is 2.35. The van der Waals surface area contributed by atoms with Gasteiger partial charge in [-0.1, -0.05) is 0 Å². The second kappa shape index (κ2) is 4.79. The van der Waals surface area contributed by atoms with Crippen molar-refractivity contribution in [2.45, 2.75) is 31.2 Å². The lowest BCUT2D eigenvalue weighted by Crippen LogP contribution is -2.54. The molecule has 102 valence electrons. The minimum Gasteiger partial charge on any atom is -0.508 e. The number of nitrogens with one attached hydrogen (secondary N) is 1. The Morgan fingerprint density at radius 1 is 1.26 bits per heavy atom. The Labute approximate surface area is 109 Å². The van der Waals surface area contributed by atoms with E-state index in [4.69, 9.17) is 10.2 Å². The summed E-state index contributed by atoms with van der Waals surface area (Å²) < 4.78 is 0. The molecule has 4 N–H and O–H groups in total. The van der Waals surface area contributed by atoms with E-state index in [1.807, 2.05) is 0 Å². The van der Waals surface area contributed by atoms with Crippen molar-refractivity contribution in [3.8, 4) is 11.5 Å². The van der Waals surface area contributed by atoms with E-state index in [0.29, 0.717) is 12.8 Å². The standard InChI is InChI=1S/C13H15NO5/c15-8-2-3-9(10(16)6-8)12(19)14-13(4-1-5-13)7-11(17)18/h2-3,6,15-16H,1,4-5,7H2,(H,14,19)(H,17,18). The molecule has 1 aliphatic rings. The molecule has 1 aromatic carbocycles. The van der Waals surface area contributed by atoms with Crippen LogP contribution in [0.4, 0.5) is 0 Å². The van der Waals surface area contributed by atoms with Crippen LogP contribution < -0.4 is 5.32 Å². The molecule has 0 bridgehead atoms. The molecule has 1 aliphatic carbocycles. The van der Waals surface area contributed by atoms with Crippen molar-refractivity contribution in [3.63, 3.8) is 0 Å². The van der Waals surface area contributed by atoms with Crippen LogP contribution in [0.5, 0.6) is 11.5 Å². The molecule has 2 rings (SSSR count). The molecule has 1 amide bonds. The van der Waals surface area contributed by atoms with Gasteiger partial charge in [-0.3, -0.25) is 9.59 Å². The van der Waals surface area contributed by atoms with Crippen LogP contribution in [-0.2, 0) is 4.79 Å². The second-order valence-corrected chi connectivity index (χ2v) is 4.86. The summed E-state index contributed by atoms with van der Waals surface area (Å²) in [6, 6.07) is 3.66. The predicted molar refractivity (Wildman–Crippen MR) is 66.1 cm³/mol. The van der Waals surface area contributed by atoms with Crippen LogP contribution >= 0.6 is 0 Å². The second-order valence-electron chi connectivity index (χ2n) is 4.86. The largest absolute Gasteiger partial charge is 0.508 e. The lowest BCUT2D eigenvalue weighted by Gasteiger charge is -2.41. The molecule has 6 heteroatoms. The minimum atomic E-state index is -0.963. The maximum atomic E-state index is 12.0. The van der Waals surface area contributed by atoms with Gasteiger partial charge in [-0.05, 0) is 31.4 Å². The number of amides is 1. The van der Waals surface area contributed by atoms with Gasteiger partial charge in [-0.25, -0.2) is 0 Å². The summed E-state index contributed by atoms with van der Waals surface area (Å²) >= 11 is 0. The molecule has 1 aromatic rings. The fraction of sp³-hybridized carbons (Fsp3) is 0.385. The summed E-state index contributed by atoms with van der Waals surface area (Å²) in [5, 5.41) is 30.3. The SMILES string of the molecule is O=C(O)CC1(NC(=O)c2ccc(O)cc2O)CCC1. The Hall–Kier alpha value is -2.24. The number of carboxylic acids is 1. The third-order valence-electron chi connectivity index (χ3n) is 3.40. The Bertz CT molecular complexity index is 522. The van der Waals surface area contributed by atoms with Gasteiger partial charge in [0.05, 0.1) is 17.5 Å². The molecule has 0 aliphatic heterocycles. The van der Waals surface area contributed by atoms with E-state index in [0.717, 1.165) is 12.5 Å². The smallest absolute Gasteiger partial charge is 0.305 e. The van der Waals surface area contributed by atoms with Gasteiger partial charge in [0.15, 0.2) is 0 Å². The topological polar surface area (TPSA) is 107 Å². The van der Waals surface area contributed by atoms with Crippen molar-refractivity contribution in [1.29, 1.82) is 0 Å². The van der Waals surface area contributed by atoms with Crippen molar-refractivity contribution < 1.29 is 24.9 Å². The van der Waals surface area contributed by atoms with Gasteiger partial charge in [0.1, 0.15) is 11.5 Å². The molecule has 1 saturated carbocycles. The van der Waals surface area contributed by atoms with Crippen LogP contribution in [0.3, 0.4) is 0 Å². The third kappa shape index (κ3) is 2.78. The van der Waals surface area contributed by atoms with Crippen molar-refractivity contribution in [2.75, 3.05) is 0 Å². The molecule has 0 unspecified atom stereocenters. The maximum Gasteiger partial charge on any atom is 0.305 e. The fourth-order valence-electron chi connectivity index (χ4n) is 2.26. The van der Waals surface area contributed by atoms with E-state index in [-0.39, 0.29) is 23.5 Å². The van der Waals surface area contributed by atoms with Gasteiger partial charge < -0.3 is 20.6 Å². The van der Waals surface area contributed by atoms with Gasteiger partial charge in [0.2, 0.25) is 0 Å². The predicted octanol–water partition coefficient (Wildman–Crippen LogP) is 1.22. The number of carbonyl (C=O) groups excluding carboxylic acids is 1. The molecule has 1 fully saturated rings. The number of carbonyl (C=O) groups is 2. The first-order valence-electron chi connectivity index (χ1n) is 5.98. The Balaban J connectivity index is 2.13. The van der Waals surface area contributed by atoms with E-state index in [9.17, 15) is 14.7 Å². The van der Waals surface area contributed by atoms with Gasteiger partial charge in [0.25, 0.3) is 5.91 Å². The number of aromatic hydroxyl groups is 2. The molecule has 0 spiro atoms. The molecular weight excluding hydrogens is 250 g/mol. The van der Waals surface area contributed by atoms with E-state index in [2.05, 4.69) is 5.32 Å². The number of carboxylic acid groups (broad SMARTS) is 1. The van der Waals surface area contributed by atoms with Crippen molar-refractivity contribution in [3.05, 3.63) is 23.8 Å². The Morgan fingerprint density at radius 3 is 2.42 bits per heavy atom. The monoisotopic (exact) mass is 265 g/mol. The average molecular weight is 265 g/mol. The van der Waals surface area contributed by atoms with Crippen LogP contribution in [0.2, 0.25) is 0 Å². The number of hydrogen-bond acceptors (Lipinski definition) is 4. The quantitative estimate of drug-likeness (QED) is 0.655. The summed E-state index contributed by atoms with van der Waals surface area (Å²) in [5.74, 6) is -1.96. The van der Waals surface area contributed by atoms with Crippen molar-refractivity contribution >= 4 is 11.9 Å². The van der Waals surface area contributed by atoms with E-state index >= 15 is 0 Å². The zero-order valence-corrected chi connectivity index (χ0v) is 10.2. The van der Waals surface area contributed by atoms with E-state index in [1.165, 1.54) is 12.1 Å². The fourth-order valence-corrected chi connectivity index (χ4v) is 2.26. The molecule has 0 saturated heterocycles. The molecule has 0 atom stereocenters. The summed E-state index contributed by atoms with van der Waals surface area (Å²) in [4.78, 5) is 22.8. The summed E-state index contributed by atoms with van der Waals surface area (Å²) in [6.07, 6.45) is 1.97. The highest BCUT2D eigenvalue weighted by molar-refractivity contribution is 5.97. The van der Waals surface area contributed by atoms with Crippen LogP contribution in [-0.4, -0.2) is 32.7 Å². The Morgan fingerprint density at radius 2 is 1.95 bits per heavy atom. The summed E-state index contributed by atoms with van der Waals surface area (Å²) in [5.41, 5.74) is -0.692. The summed E-state index contributed by atoms with van der Waals surface area (Å²) in [7, 11) is 0. The van der Waals surface area contributed by atoms with Crippen LogP contribution in [0.15, 0.2) is 18.2 Å². The van der Waals surface area contributed by atoms with Gasteiger partial charge >= 0.3 is 5.97 Å². The molecular formula is C13H15NO5. The number of rotatable bonds is 4. The highest BCUT2D eigenvalue weighted by Gasteiger charge is 2.40. The molecule has 19 heavy (non-hydrogen) atoms. The maximum absolute atomic E-state index is 12.0. The number of benzene rings is 1.